The molecule has 2 heterocycles. The van der Waals surface area contributed by atoms with E-state index in [4.69, 9.17) is 5.11 Å². The number of anilines is 1. The third kappa shape index (κ3) is 3.96. The summed E-state index contributed by atoms with van der Waals surface area (Å²) in [5.41, 5.74) is 0.0463. The molecule has 9 heteroatoms. The summed E-state index contributed by atoms with van der Waals surface area (Å²) in [5, 5.41) is 14.0. The molecule has 0 spiro atoms. The SMILES string of the molecule is COC(=O)c1nccc(NCCc2nc(C(=O)O)cs2)n1. The Kier molecular flexibility index (Phi) is 4.77. The van der Waals surface area contributed by atoms with E-state index in [1.54, 1.807) is 6.07 Å². The average Bonchev–Trinajstić information content (AvgIpc) is 2.96. The highest BCUT2D eigenvalue weighted by atomic mass is 32.1. The van der Waals surface area contributed by atoms with E-state index >= 15 is 0 Å². The first-order chi connectivity index (χ1) is 10.1. The van der Waals surface area contributed by atoms with Crippen LogP contribution < -0.4 is 5.32 Å². The molecule has 0 atom stereocenters. The molecular weight excluding hydrogens is 296 g/mol. The van der Waals surface area contributed by atoms with Crippen LogP contribution in [-0.4, -0.2) is 45.7 Å². The second-order valence-electron chi connectivity index (χ2n) is 3.87. The molecule has 2 aromatic rings. The predicted molar refractivity (Wildman–Crippen MR) is 74.6 cm³/mol. The molecule has 2 N–H and O–H groups in total. The van der Waals surface area contributed by atoms with Crippen molar-refractivity contribution < 1.29 is 19.4 Å². The predicted octanol–water partition coefficient (Wildman–Crippen LogP) is 1.07. The number of carbonyl (C=O) groups is 2. The van der Waals surface area contributed by atoms with Crippen LogP contribution in [-0.2, 0) is 11.2 Å². The number of carbonyl (C=O) groups excluding carboxylic acids is 1. The molecule has 0 saturated carbocycles. The van der Waals surface area contributed by atoms with Gasteiger partial charge < -0.3 is 15.2 Å². The molecule has 0 bridgehead atoms. The minimum atomic E-state index is -1.04. The van der Waals surface area contributed by atoms with Gasteiger partial charge in [0, 0.05) is 24.5 Å². The number of carboxylic acid groups (broad SMARTS) is 1. The highest BCUT2D eigenvalue weighted by molar-refractivity contribution is 7.09. The van der Waals surface area contributed by atoms with E-state index in [9.17, 15) is 9.59 Å². The summed E-state index contributed by atoms with van der Waals surface area (Å²) in [6.07, 6.45) is 2.00. The topological polar surface area (TPSA) is 114 Å². The number of nitrogens with zero attached hydrogens (tertiary/aromatic N) is 3. The second kappa shape index (κ2) is 6.75. The van der Waals surface area contributed by atoms with E-state index < -0.39 is 11.9 Å². The number of ether oxygens (including phenoxy) is 1. The van der Waals surface area contributed by atoms with Crippen molar-refractivity contribution in [3.05, 3.63) is 34.2 Å². The minimum Gasteiger partial charge on any atom is -0.476 e. The van der Waals surface area contributed by atoms with Crippen molar-refractivity contribution in [1.29, 1.82) is 0 Å². The summed E-state index contributed by atoms with van der Waals surface area (Å²) in [6, 6.07) is 1.62. The van der Waals surface area contributed by atoms with Gasteiger partial charge in [-0.15, -0.1) is 11.3 Å². The third-order valence-electron chi connectivity index (χ3n) is 2.44. The molecule has 0 aliphatic carbocycles. The van der Waals surface area contributed by atoms with Gasteiger partial charge in [0.05, 0.1) is 12.1 Å². The molecule has 0 aromatic carbocycles. The zero-order valence-electron chi connectivity index (χ0n) is 11.1. The van der Waals surface area contributed by atoms with Crippen molar-refractivity contribution in [2.24, 2.45) is 0 Å². The van der Waals surface area contributed by atoms with Crippen LogP contribution in [0.15, 0.2) is 17.6 Å². The number of nitrogens with one attached hydrogen (secondary N) is 1. The lowest BCUT2D eigenvalue weighted by Gasteiger charge is -2.04. The molecule has 0 fully saturated rings. The first-order valence-corrected chi connectivity index (χ1v) is 6.81. The van der Waals surface area contributed by atoms with Gasteiger partial charge in [-0.05, 0) is 6.07 Å². The van der Waals surface area contributed by atoms with Gasteiger partial charge in [0.25, 0.3) is 0 Å². The van der Waals surface area contributed by atoms with E-state index in [1.807, 2.05) is 0 Å². The molecular formula is C12H12N4O4S. The Morgan fingerprint density at radius 2 is 2.24 bits per heavy atom. The van der Waals surface area contributed by atoms with Crippen molar-refractivity contribution in [3.8, 4) is 0 Å². The van der Waals surface area contributed by atoms with Crippen molar-refractivity contribution in [2.75, 3.05) is 19.0 Å². The van der Waals surface area contributed by atoms with E-state index in [0.29, 0.717) is 23.8 Å². The highest BCUT2D eigenvalue weighted by Crippen LogP contribution is 2.11. The van der Waals surface area contributed by atoms with E-state index in [0.717, 1.165) is 0 Å². The Morgan fingerprint density at radius 1 is 1.43 bits per heavy atom. The largest absolute Gasteiger partial charge is 0.476 e. The number of methoxy groups -OCH3 is 1. The van der Waals surface area contributed by atoms with Crippen molar-refractivity contribution in [2.45, 2.75) is 6.42 Å². The minimum absolute atomic E-state index is 0.0232. The maximum atomic E-state index is 11.3. The van der Waals surface area contributed by atoms with Crippen molar-refractivity contribution in [3.63, 3.8) is 0 Å². The summed E-state index contributed by atoms with van der Waals surface area (Å²) in [4.78, 5) is 33.8. The molecule has 0 unspecified atom stereocenters. The number of hydrogen-bond donors (Lipinski definition) is 2. The molecule has 110 valence electrons. The zero-order chi connectivity index (χ0) is 15.2. The van der Waals surface area contributed by atoms with Gasteiger partial charge in [0.1, 0.15) is 5.82 Å². The molecule has 0 saturated heterocycles. The van der Waals surface area contributed by atoms with Gasteiger partial charge >= 0.3 is 11.9 Å². The number of hydrogen-bond acceptors (Lipinski definition) is 8. The van der Waals surface area contributed by atoms with Gasteiger partial charge in [-0.3, -0.25) is 0 Å². The van der Waals surface area contributed by atoms with Crippen LogP contribution in [0.25, 0.3) is 0 Å². The van der Waals surface area contributed by atoms with Crippen LogP contribution in [0, 0.1) is 0 Å². The molecule has 0 radical (unpaired) electrons. The van der Waals surface area contributed by atoms with Gasteiger partial charge in [-0.2, -0.15) is 0 Å². The van der Waals surface area contributed by atoms with E-state index in [-0.39, 0.29) is 11.5 Å². The fourth-order valence-corrected chi connectivity index (χ4v) is 2.24. The molecule has 2 rings (SSSR count). The van der Waals surface area contributed by atoms with Crippen molar-refractivity contribution >= 4 is 29.1 Å². The van der Waals surface area contributed by atoms with Gasteiger partial charge in [-0.1, -0.05) is 0 Å². The summed E-state index contributed by atoms with van der Waals surface area (Å²) >= 11 is 1.29. The van der Waals surface area contributed by atoms with Gasteiger partial charge in [0.15, 0.2) is 5.69 Å². The fraction of sp³-hybridized carbons (Fsp3) is 0.250. The number of carboxylic acids is 1. The van der Waals surface area contributed by atoms with E-state index in [1.165, 1.54) is 30.0 Å². The van der Waals surface area contributed by atoms with Gasteiger partial charge in [-0.25, -0.2) is 24.5 Å². The maximum Gasteiger partial charge on any atom is 0.376 e. The third-order valence-corrected chi connectivity index (χ3v) is 3.35. The van der Waals surface area contributed by atoms with E-state index in [2.05, 4.69) is 25.0 Å². The maximum absolute atomic E-state index is 11.3. The molecule has 0 amide bonds. The Morgan fingerprint density at radius 3 is 2.90 bits per heavy atom. The molecule has 2 aromatic heterocycles. The van der Waals surface area contributed by atoms with Crippen LogP contribution in [0.3, 0.4) is 0 Å². The van der Waals surface area contributed by atoms with Gasteiger partial charge in [0.2, 0.25) is 5.82 Å². The molecule has 21 heavy (non-hydrogen) atoms. The average molecular weight is 308 g/mol. The Labute approximate surface area is 123 Å². The zero-order valence-corrected chi connectivity index (χ0v) is 11.9. The number of rotatable bonds is 6. The Hall–Kier alpha value is -2.55. The smallest absolute Gasteiger partial charge is 0.376 e. The lowest BCUT2D eigenvalue weighted by Crippen LogP contribution is -2.11. The van der Waals surface area contributed by atoms with Crippen LogP contribution >= 0.6 is 11.3 Å². The Bertz CT molecular complexity index is 658. The summed E-state index contributed by atoms with van der Waals surface area (Å²) in [5.74, 6) is -1.18. The lowest BCUT2D eigenvalue weighted by molar-refractivity contribution is 0.0586. The molecule has 0 aliphatic rings. The van der Waals surface area contributed by atoms with Crippen molar-refractivity contribution in [1.82, 2.24) is 15.0 Å². The number of aromatic nitrogens is 3. The molecule has 8 nitrogen and oxygen atoms in total. The second-order valence-corrected chi connectivity index (χ2v) is 4.81. The van der Waals surface area contributed by atoms with Crippen LogP contribution in [0.2, 0.25) is 0 Å². The molecule has 0 aliphatic heterocycles. The lowest BCUT2D eigenvalue weighted by atomic mass is 10.4. The number of esters is 1. The van der Waals surface area contributed by atoms with Crippen LogP contribution in [0.5, 0.6) is 0 Å². The Balaban J connectivity index is 1.91. The first-order valence-electron chi connectivity index (χ1n) is 5.93. The number of thiazole rings is 1. The first kappa shape index (κ1) is 14.9. The summed E-state index contributed by atoms with van der Waals surface area (Å²) < 4.78 is 4.53. The summed E-state index contributed by atoms with van der Waals surface area (Å²) in [6.45, 7) is 0.504. The summed E-state index contributed by atoms with van der Waals surface area (Å²) in [7, 11) is 1.26. The quantitative estimate of drug-likeness (QED) is 0.762. The standard InChI is InChI=1S/C12H12N4O4S/c1-20-12(19)10-14-4-2-8(16-10)13-5-3-9-15-7(6-21-9)11(17)18/h2,4,6H,3,5H2,1H3,(H,17,18)(H,13,14,16). The normalized spacial score (nSPS) is 10.1. The monoisotopic (exact) mass is 308 g/mol. The van der Waals surface area contributed by atoms with Crippen LogP contribution in [0.4, 0.5) is 5.82 Å². The highest BCUT2D eigenvalue weighted by Gasteiger charge is 2.10. The number of aromatic carboxylic acids is 1. The van der Waals surface area contributed by atoms with Crippen LogP contribution in [0.1, 0.15) is 26.1 Å². The fourth-order valence-electron chi connectivity index (χ4n) is 1.47.